The Balaban J connectivity index is 2.63. The van der Waals surface area contributed by atoms with Gasteiger partial charge in [-0.05, 0) is 17.4 Å². The van der Waals surface area contributed by atoms with Gasteiger partial charge in [0.15, 0.2) is 0 Å². The number of aromatic nitrogens is 2. The fourth-order valence-electron chi connectivity index (χ4n) is 2.29. The van der Waals surface area contributed by atoms with Crippen molar-refractivity contribution in [1.29, 1.82) is 0 Å². The van der Waals surface area contributed by atoms with E-state index in [1.54, 1.807) is 0 Å². The highest BCUT2D eigenvalue weighted by atomic mass is 15.0. The van der Waals surface area contributed by atoms with Gasteiger partial charge in [0.1, 0.15) is 5.65 Å². The Morgan fingerprint density at radius 3 is 2.39 bits per heavy atom. The van der Waals surface area contributed by atoms with Crippen molar-refractivity contribution in [1.82, 2.24) is 9.38 Å². The first-order valence-corrected chi connectivity index (χ1v) is 6.79. The molecule has 2 aromatic rings. The quantitative estimate of drug-likeness (QED) is 0.765. The molecule has 0 saturated heterocycles. The molecule has 0 fully saturated rings. The van der Waals surface area contributed by atoms with Crippen LogP contribution in [-0.2, 0) is 5.41 Å². The van der Waals surface area contributed by atoms with Crippen molar-refractivity contribution in [2.24, 2.45) is 5.92 Å². The standard InChI is InChI=1S/C16H24N2/c1-11(2)12(3)14-10-17-15-13(16(4,5)6)8-7-9-18(14)15/h7-12H,1-6H3. The van der Waals surface area contributed by atoms with Crippen molar-refractivity contribution < 1.29 is 0 Å². The molecule has 2 rings (SSSR count). The molecule has 0 aliphatic heterocycles. The van der Waals surface area contributed by atoms with E-state index in [9.17, 15) is 0 Å². The van der Waals surface area contributed by atoms with Crippen LogP contribution in [0.25, 0.3) is 5.65 Å². The number of pyridine rings is 1. The summed E-state index contributed by atoms with van der Waals surface area (Å²) in [5, 5.41) is 0. The van der Waals surface area contributed by atoms with Gasteiger partial charge in [-0.25, -0.2) is 4.98 Å². The van der Waals surface area contributed by atoms with Gasteiger partial charge in [0.25, 0.3) is 0 Å². The number of hydrogen-bond acceptors (Lipinski definition) is 1. The van der Waals surface area contributed by atoms with Gasteiger partial charge in [-0.2, -0.15) is 0 Å². The molecule has 0 bridgehead atoms. The monoisotopic (exact) mass is 244 g/mol. The van der Waals surface area contributed by atoms with Crippen molar-refractivity contribution in [3.63, 3.8) is 0 Å². The summed E-state index contributed by atoms with van der Waals surface area (Å²) in [4.78, 5) is 4.65. The lowest BCUT2D eigenvalue weighted by Gasteiger charge is -2.20. The molecule has 2 heteroatoms. The Kier molecular flexibility index (Phi) is 3.22. The summed E-state index contributed by atoms with van der Waals surface area (Å²) >= 11 is 0. The Labute approximate surface area is 110 Å². The lowest BCUT2D eigenvalue weighted by atomic mass is 9.88. The zero-order valence-electron chi connectivity index (χ0n) is 12.4. The van der Waals surface area contributed by atoms with E-state index >= 15 is 0 Å². The SMILES string of the molecule is CC(C)C(C)c1cnc2c(C(C)(C)C)cccn12. The zero-order valence-corrected chi connectivity index (χ0v) is 12.4. The topological polar surface area (TPSA) is 17.3 Å². The number of rotatable bonds is 2. The summed E-state index contributed by atoms with van der Waals surface area (Å²) in [5.74, 6) is 1.15. The van der Waals surface area contributed by atoms with E-state index in [1.165, 1.54) is 11.3 Å². The van der Waals surface area contributed by atoms with Crippen LogP contribution >= 0.6 is 0 Å². The maximum Gasteiger partial charge on any atom is 0.140 e. The zero-order chi connectivity index (χ0) is 13.5. The summed E-state index contributed by atoms with van der Waals surface area (Å²) in [7, 11) is 0. The second kappa shape index (κ2) is 4.42. The minimum atomic E-state index is 0.131. The fraction of sp³-hybridized carbons (Fsp3) is 0.562. The molecule has 0 spiro atoms. The summed E-state index contributed by atoms with van der Waals surface area (Å²) < 4.78 is 2.26. The maximum atomic E-state index is 4.65. The highest BCUT2D eigenvalue weighted by molar-refractivity contribution is 5.52. The van der Waals surface area contributed by atoms with E-state index in [4.69, 9.17) is 0 Å². The average molecular weight is 244 g/mol. The van der Waals surface area contributed by atoms with E-state index in [2.05, 4.69) is 69.3 Å². The van der Waals surface area contributed by atoms with Crippen molar-refractivity contribution >= 4 is 5.65 Å². The first-order valence-electron chi connectivity index (χ1n) is 6.79. The molecule has 0 aliphatic carbocycles. The largest absolute Gasteiger partial charge is 0.304 e. The number of fused-ring (bicyclic) bond motifs is 1. The van der Waals surface area contributed by atoms with Crippen LogP contribution in [0.5, 0.6) is 0 Å². The fourth-order valence-corrected chi connectivity index (χ4v) is 2.29. The molecule has 2 heterocycles. The second-order valence-electron chi connectivity index (χ2n) is 6.58. The Hall–Kier alpha value is -1.31. The summed E-state index contributed by atoms with van der Waals surface area (Å²) in [5.41, 5.74) is 3.86. The highest BCUT2D eigenvalue weighted by Gasteiger charge is 2.21. The lowest BCUT2D eigenvalue weighted by Crippen LogP contribution is -2.13. The van der Waals surface area contributed by atoms with Gasteiger partial charge in [-0.3, -0.25) is 0 Å². The van der Waals surface area contributed by atoms with Gasteiger partial charge in [-0.15, -0.1) is 0 Å². The average Bonchev–Trinajstić information content (AvgIpc) is 2.69. The smallest absolute Gasteiger partial charge is 0.140 e. The molecular weight excluding hydrogens is 220 g/mol. The molecule has 2 aromatic heterocycles. The molecule has 1 unspecified atom stereocenters. The van der Waals surface area contributed by atoms with Crippen molar-refractivity contribution in [2.45, 2.75) is 52.9 Å². The van der Waals surface area contributed by atoms with Crippen LogP contribution in [-0.4, -0.2) is 9.38 Å². The van der Waals surface area contributed by atoms with Crippen molar-refractivity contribution in [2.75, 3.05) is 0 Å². The molecule has 18 heavy (non-hydrogen) atoms. The molecule has 0 amide bonds. The third kappa shape index (κ3) is 2.16. The Bertz CT molecular complexity index is 544. The van der Waals surface area contributed by atoms with E-state index < -0.39 is 0 Å². The number of nitrogens with zero attached hydrogens (tertiary/aromatic N) is 2. The molecule has 2 nitrogen and oxygen atoms in total. The van der Waals surface area contributed by atoms with Gasteiger partial charge >= 0.3 is 0 Å². The third-order valence-electron chi connectivity index (χ3n) is 3.84. The van der Waals surface area contributed by atoms with Crippen LogP contribution in [0.15, 0.2) is 24.5 Å². The molecule has 0 saturated carbocycles. The van der Waals surface area contributed by atoms with E-state index in [1.807, 2.05) is 6.20 Å². The molecule has 0 aliphatic rings. The molecule has 0 aromatic carbocycles. The van der Waals surface area contributed by atoms with E-state index in [0.29, 0.717) is 11.8 Å². The Morgan fingerprint density at radius 1 is 1.17 bits per heavy atom. The first kappa shape index (κ1) is 13.1. The summed E-state index contributed by atoms with van der Waals surface area (Å²) in [6.07, 6.45) is 4.17. The third-order valence-corrected chi connectivity index (χ3v) is 3.84. The first-order chi connectivity index (χ1) is 8.32. The van der Waals surface area contributed by atoms with Gasteiger partial charge in [-0.1, -0.05) is 47.6 Å². The number of imidazole rings is 1. The molecule has 0 N–H and O–H groups in total. The summed E-state index contributed by atoms with van der Waals surface area (Å²) in [6, 6.07) is 4.32. The Morgan fingerprint density at radius 2 is 1.83 bits per heavy atom. The predicted octanol–water partition coefficient (Wildman–Crippen LogP) is 4.39. The van der Waals surface area contributed by atoms with Crippen molar-refractivity contribution in [3.8, 4) is 0 Å². The minimum absolute atomic E-state index is 0.131. The van der Waals surface area contributed by atoms with Gasteiger partial charge in [0.2, 0.25) is 0 Å². The maximum absolute atomic E-state index is 4.65. The lowest BCUT2D eigenvalue weighted by molar-refractivity contribution is 0.520. The molecule has 1 atom stereocenters. The summed E-state index contributed by atoms with van der Waals surface area (Å²) in [6.45, 7) is 13.5. The number of hydrogen-bond donors (Lipinski definition) is 0. The van der Waals surface area contributed by atoms with E-state index in [0.717, 1.165) is 5.65 Å². The van der Waals surface area contributed by atoms with Gasteiger partial charge in [0, 0.05) is 29.6 Å². The normalized spacial score (nSPS) is 14.4. The second-order valence-corrected chi connectivity index (χ2v) is 6.58. The van der Waals surface area contributed by atoms with Crippen LogP contribution in [0.2, 0.25) is 0 Å². The minimum Gasteiger partial charge on any atom is -0.304 e. The van der Waals surface area contributed by atoms with Crippen LogP contribution in [0.4, 0.5) is 0 Å². The van der Waals surface area contributed by atoms with Gasteiger partial charge in [0.05, 0.1) is 0 Å². The molecule has 0 radical (unpaired) electrons. The van der Waals surface area contributed by atoms with E-state index in [-0.39, 0.29) is 5.41 Å². The van der Waals surface area contributed by atoms with Crippen LogP contribution in [0.3, 0.4) is 0 Å². The van der Waals surface area contributed by atoms with Crippen LogP contribution in [0.1, 0.15) is 58.7 Å². The van der Waals surface area contributed by atoms with Crippen molar-refractivity contribution in [3.05, 3.63) is 35.8 Å². The van der Waals surface area contributed by atoms with Crippen LogP contribution < -0.4 is 0 Å². The van der Waals surface area contributed by atoms with Gasteiger partial charge < -0.3 is 4.40 Å². The molecular formula is C16H24N2. The van der Waals surface area contributed by atoms with Crippen LogP contribution in [0, 0.1) is 5.92 Å². The molecule has 98 valence electrons. The highest BCUT2D eigenvalue weighted by Crippen LogP contribution is 2.29. The predicted molar refractivity (Wildman–Crippen MR) is 77.1 cm³/mol.